The molecular weight excluding hydrogens is 226 g/mol. The Morgan fingerprint density at radius 1 is 1.56 bits per heavy atom. The SMILES string of the molecule is CC(C)CCCN(C)C(=O)c1cc(C#N)ccn1. The highest BCUT2D eigenvalue weighted by Crippen LogP contribution is 2.07. The van der Waals surface area contributed by atoms with Gasteiger partial charge in [-0.3, -0.25) is 9.78 Å². The highest BCUT2D eigenvalue weighted by molar-refractivity contribution is 5.92. The van der Waals surface area contributed by atoms with Gasteiger partial charge in [-0.1, -0.05) is 13.8 Å². The van der Waals surface area contributed by atoms with Gasteiger partial charge in [0.2, 0.25) is 0 Å². The Morgan fingerprint density at radius 3 is 2.89 bits per heavy atom. The molecule has 0 N–H and O–H groups in total. The topological polar surface area (TPSA) is 57.0 Å². The van der Waals surface area contributed by atoms with Crippen LogP contribution in [0, 0.1) is 17.2 Å². The van der Waals surface area contributed by atoms with Gasteiger partial charge in [0.25, 0.3) is 5.91 Å². The van der Waals surface area contributed by atoms with Crippen LogP contribution in [0.15, 0.2) is 18.3 Å². The molecule has 1 amide bonds. The summed E-state index contributed by atoms with van der Waals surface area (Å²) in [6.07, 6.45) is 3.58. The molecule has 1 heterocycles. The summed E-state index contributed by atoms with van der Waals surface area (Å²) in [6.45, 7) is 5.05. The number of hydrogen-bond donors (Lipinski definition) is 0. The fourth-order valence-corrected chi connectivity index (χ4v) is 1.65. The van der Waals surface area contributed by atoms with Crippen LogP contribution in [0.4, 0.5) is 0 Å². The summed E-state index contributed by atoms with van der Waals surface area (Å²) in [6, 6.07) is 5.13. The van der Waals surface area contributed by atoms with Crippen LogP contribution < -0.4 is 0 Å². The predicted octanol–water partition coefficient (Wildman–Crippen LogP) is 2.46. The maximum absolute atomic E-state index is 12.0. The summed E-state index contributed by atoms with van der Waals surface area (Å²) in [4.78, 5) is 17.7. The molecule has 4 nitrogen and oxygen atoms in total. The zero-order chi connectivity index (χ0) is 13.5. The third-order valence-electron chi connectivity index (χ3n) is 2.73. The second-order valence-corrected chi connectivity index (χ2v) is 4.80. The average Bonchev–Trinajstić information content (AvgIpc) is 2.37. The number of nitriles is 1. The first-order chi connectivity index (χ1) is 8.54. The molecule has 1 aromatic heterocycles. The second kappa shape index (κ2) is 6.75. The monoisotopic (exact) mass is 245 g/mol. The number of nitrogens with zero attached hydrogens (tertiary/aromatic N) is 3. The molecule has 0 bridgehead atoms. The van der Waals surface area contributed by atoms with Crippen molar-refractivity contribution in [1.82, 2.24) is 9.88 Å². The lowest BCUT2D eigenvalue weighted by Gasteiger charge is -2.17. The first-order valence-electron chi connectivity index (χ1n) is 6.16. The molecule has 0 aliphatic carbocycles. The van der Waals surface area contributed by atoms with E-state index in [0.29, 0.717) is 17.2 Å². The molecule has 1 aromatic rings. The molecule has 96 valence electrons. The molecule has 0 radical (unpaired) electrons. The van der Waals surface area contributed by atoms with Crippen molar-refractivity contribution in [3.8, 4) is 6.07 Å². The van der Waals surface area contributed by atoms with Gasteiger partial charge in [-0.05, 0) is 30.9 Å². The van der Waals surface area contributed by atoms with Gasteiger partial charge in [0, 0.05) is 19.8 Å². The van der Waals surface area contributed by atoms with Crippen molar-refractivity contribution in [1.29, 1.82) is 5.26 Å². The van der Waals surface area contributed by atoms with Crippen molar-refractivity contribution in [3.05, 3.63) is 29.6 Å². The molecule has 0 fully saturated rings. The zero-order valence-corrected chi connectivity index (χ0v) is 11.2. The third-order valence-corrected chi connectivity index (χ3v) is 2.73. The fourth-order valence-electron chi connectivity index (χ4n) is 1.65. The van der Waals surface area contributed by atoms with Gasteiger partial charge in [-0.15, -0.1) is 0 Å². The van der Waals surface area contributed by atoms with E-state index in [-0.39, 0.29) is 5.91 Å². The molecule has 0 aliphatic rings. The first kappa shape index (κ1) is 14.2. The first-order valence-corrected chi connectivity index (χ1v) is 6.16. The Balaban J connectivity index is 2.60. The normalized spacial score (nSPS) is 10.2. The summed E-state index contributed by atoms with van der Waals surface area (Å²) in [5.74, 6) is 0.518. The smallest absolute Gasteiger partial charge is 0.272 e. The summed E-state index contributed by atoms with van der Waals surface area (Å²) in [5.41, 5.74) is 0.796. The average molecular weight is 245 g/mol. The molecule has 1 rings (SSSR count). The van der Waals surface area contributed by atoms with Gasteiger partial charge in [0.05, 0.1) is 11.6 Å². The van der Waals surface area contributed by atoms with Crippen LogP contribution in [-0.4, -0.2) is 29.4 Å². The minimum absolute atomic E-state index is 0.129. The molecule has 0 unspecified atom stereocenters. The summed E-state index contributed by atoms with van der Waals surface area (Å²) in [5, 5.41) is 8.78. The lowest BCUT2D eigenvalue weighted by atomic mass is 10.1. The van der Waals surface area contributed by atoms with Gasteiger partial charge < -0.3 is 4.90 Å². The van der Waals surface area contributed by atoms with E-state index in [0.717, 1.165) is 19.4 Å². The molecule has 0 aromatic carbocycles. The standard InChI is InChI=1S/C14H19N3O/c1-11(2)5-4-8-17(3)14(18)13-9-12(10-15)6-7-16-13/h6-7,9,11H,4-5,8H2,1-3H3. The van der Waals surface area contributed by atoms with Gasteiger partial charge in [-0.25, -0.2) is 0 Å². The molecule has 0 spiro atoms. The van der Waals surface area contributed by atoms with Gasteiger partial charge in [0.15, 0.2) is 0 Å². The van der Waals surface area contributed by atoms with Gasteiger partial charge in [0.1, 0.15) is 5.69 Å². The molecule has 0 atom stereocenters. The number of carbonyl (C=O) groups excluding carboxylic acids is 1. The molecule has 0 saturated heterocycles. The Labute approximate surface area is 108 Å². The van der Waals surface area contributed by atoms with Crippen molar-refractivity contribution < 1.29 is 4.79 Å². The lowest BCUT2D eigenvalue weighted by molar-refractivity contribution is 0.0785. The number of amides is 1. The van der Waals surface area contributed by atoms with Crippen LogP contribution in [-0.2, 0) is 0 Å². The number of hydrogen-bond acceptors (Lipinski definition) is 3. The van der Waals surface area contributed by atoms with Crippen LogP contribution in [0.1, 0.15) is 42.7 Å². The van der Waals surface area contributed by atoms with Crippen molar-refractivity contribution in [2.75, 3.05) is 13.6 Å². The molecule has 4 heteroatoms. The summed E-state index contributed by atoms with van der Waals surface area (Å²) in [7, 11) is 1.77. The van der Waals surface area contributed by atoms with Crippen LogP contribution in [0.2, 0.25) is 0 Å². The molecule has 0 aliphatic heterocycles. The summed E-state index contributed by atoms with van der Waals surface area (Å²) < 4.78 is 0. The highest BCUT2D eigenvalue weighted by atomic mass is 16.2. The quantitative estimate of drug-likeness (QED) is 0.800. The minimum atomic E-state index is -0.129. The van der Waals surface area contributed by atoms with Crippen molar-refractivity contribution in [3.63, 3.8) is 0 Å². The number of carbonyl (C=O) groups is 1. The van der Waals surface area contributed by atoms with Crippen molar-refractivity contribution in [2.45, 2.75) is 26.7 Å². The molecular formula is C14H19N3O. The van der Waals surface area contributed by atoms with Crippen LogP contribution in [0.25, 0.3) is 0 Å². The highest BCUT2D eigenvalue weighted by Gasteiger charge is 2.13. The Kier molecular flexibility index (Phi) is 5.31. The Bertz CT molecular complexity index is 449. The van der Waals surface area contributed by atoms with Crippen LogP contribution in [0.5, 0.6) is 0 Å². The fraction of sp³-hybridized carbons (Fsp3) is 0.500. The van der Waals surface area contributed by atoms with Crippen LogP contribution in [0.3, 0.4) is 0 Å². The van der Waals surface area contributed by atoms with Gasteiger partial charge in [-0.2, -0.15) is 5.26 Å². The van der Waals surface area contributed by atoms with E-state index in [2.05, 4.69) is 18.8 Å². The largest absolute Gasteiger partial charge is 0.340 e. The van der Waals surface area contributed by atoms with E-state index < -0.39 is 0 Å². The van der Waals surface area contributed by atoms with E-state index >= 15 is 0 Å². The number of aromatic nitrogens is 1. The van der Waals surface area contributed by atoms with E-state index in [1.165, 1.54) is 12.3 Å². The van der Waals surface area contributed by atoms with Crippen LogP contribution >= 0.6 is 0 Å². The van der Waals surface area contributed by atoms with E-state index in [4.69, 9.17) is 5.26 Å². The second-order valence-electron chi connectivity index (χ2n) is 4.80. The van der Waals surface area contributed by atoms with Crippen molar-refractivity contribution >= 4 is 5.91 Å². The Hall–Kier alpha value is -1.89. The summed E-state index contributed by atoms with van der Waals surface area (Å²) >= 11 is 0. The minimum Gasteiger partial charge on any atom is -0.340 e. The molecule has 18 heavy (non-hydrogen) atoms. The third kappa shape index (κ3) is 4.17. The maximum Gasteiger partial charge on any atom is 0.272 e. The van der Waals surface area contributed by atoms with E-state index in [1.54, 1.807) is 18.0 Å². The van der Waals surface area contributed by atoms with E-state index in [9.17, 15) is 4.79 Å². The Morgan fingerprint density at radius 2 is 2.28 bits per heavy atom. The van der Waals surface area contributed by atoms with E-state index in [1.807, 2.05) is 6.07 Å². The lowest BCUT2D eigenvalue weighted by Crippen LogP contribution is -2.28. The van der Waals surface area contributed by atoms with Gasteiger partial charge >= 0.3 is 0 Å². The predicted molar refractivity (Wildman–Crippen MR) is 70.0 cm³/mol. The maximum atomic E-state index is 12.0. The number of rotatable bonds is 5. The number of pyridine rings is 1. The van der Waals surface area contributed by atoms with Crippen molar-refractivity contribution in [2.24, 2.45) is 5.92 Å². The molecule has 0 saturated carbocycles. The zero-order valence-electron chi connectivity index (χ0n) is 11.2.